The smallest absolute Gasteiger partial charge is 0.337 e. The second-order valence-corrected chi connectivity index (χ2v) is 4.58. The molecule has 3 N–H and O–H groups in total. The first-order valence-electron chi connectivity index (χ1n) is 6.02. The van der Waals surface area contributed by atoms with Gasteiger partial charge < -0.3 is 20.4 Å². The molecule has 1 aromatic carbocycles. The van der Waals surface area contributed by atoms with Gasteiger partial charge in [0.1, 0.15) is 0 Å². The summed E-state index contributed by atoms with van der Waals surface area (Å²) in [6.45, 7) is 1.38. The van der Waals surface area contributed by atoms with Crippen LogP contribution in [0.25, 0.3) is 0 Å². The molecule has 0 aromatic heterocycles. The summed E-state index contributed by atoms with van der Waals surface area (Å²) >= 11 is 0. The van der Waals surface area contributed by atoms with E-state index in [2.05, 4.69) is 5.32 Å². The summed E-state index contributed by atoms with van der Waals surface area (Å²) in [5.41, 5.74) is 0.456. The van der Waals surface area contributed by atoms with Gasteiger partial charge in [-0.15, -0.1) is 0 Å². The summed E-state index contributed by atoms with van der Waals surface area (Å²) in [6.07, 6.45) is -0.814. The van der Waals surface area contributed by atoms with Gasteiger partial charge >= 0.3 is 5.97 Å². The fourth-order valence-electron chi connectivity index (χ4n) is 2.15. The molecule has 20 heavy (non-hydrogen) atoms. The number of carbonyl (C=O) groups is 3. The third kappa shape index (κ3) is 2.77. The zero-order valence-corrected chi connectivity index (χ0v) is 10.8. The van der Waals surface area contributed by atoms with Crippen molar-refractivity contribution in [1.29, 1.82) is 0 Å². The van der Waals surface area contributed by atoms with Crippen LogP contribution in [0.3, 0.4) is 0 Å². The van der Waals surface area contributed by atoms with Crippen LogP contribution in [0.1, 0.15) is 23.7 Å². The molecule has 1 atom stereocenters. The van der Waals surface area contributed by atoms with Gasteiger partial charge in [-0.05, 0) is 18.2 Å². The van der Waals surface area contributed by atoms with Gasteiger partial charge in [-0.25, -0.2) is 4.79 Å². The summed E-state index contributed by atoms with van der Waals surface area (Å²) in [6, 6.07) is 4.25. The first kappa shape index (κ1) is 14.0. The molecule has 2 amide bonds. The van der Waals surface area contributed by atoms with Crippen LogP contribution < -0.4 is 10.2 Å². The van der Waals surface area contributed by atoms with Crippen LogP contribution in [-0.4, -0.2) is 40.6 Å². The van der Waals surface area contributed by atoms with E-state index < -0.39 is 12.1 Å². The van der Waals surface area contributed by atoms with Crippen molar-refractivity contribution in [2.24, 2.45) is 0 Å². The number of hydrogen-bond donors (Lipinski definition) is 3. The fraction of sp³-hybridized carbons (Fsp3) is 0.308. The Kier molecular flexibility index (Phi) is 3.71. The number of benzene rings is 1. The molecule has 7 heteroatoms. The number of amides is 2. The first-order chi connectivity index (χ1) is 9.38. The van der Waals surface area contributed by atoms with Crippen molar-refractivity contribution in [3.63, 3.8) is 0 Å². The van der Waals surface area contributed by atoms with Crippen molar-refractivity contribution >= 4 is 29.2 Å². The average molecular weight is 278 g/mol. The van der Waals surface area contributed by atoms with E-state index in [1.807, 2.05) is 0 Å². The van der Waals surface area contributed by atoms with Crippen molar-refractivity contribution in [2.75, 3.05) is 16.8 Å². The SMILES string of the molecule is CC(=O)Nc1ccc(N2CC(O)CC2=O)c(C(=O)O)c1. The van der Waals surface area contributed by atoms with E-state index in [0.717, 1.165) is 0 Å². The quantitative estimate of drug-likeness (QED) is 0.743. The maximum atomic E-state index is 11.7. The van der Waals surface area contributed by atoms with Crippen molar-refractivity contribution in [1.82, 2.24) is 0 Å². The van der Waals surface area contributed by atoms with E-state index in [4.69, 9.17) is 0 Å². The number of nitrogens with one attached hydrogen (secondary N) is 1. The molecule has 106 valence electrons. The van der Waals surface area contributed by atoms with Gasteiger partial charge in [0.25, 0.3) is 0 Å². The van der Waals surface area contributed by atoms with E-state index in [9.17, 15) is 24.6 Å². The second-order valence-electron chi connectivity index (χ2n) is 4.58. The summed E-state index contributed by atoms with van der Waals surface area (Å²) < 4.78 is 0. The number of aromatic carboxylic acids is 1. The molecule has 1 saturated heterocycles. The summed E-state index contributed by atoms with van der Waals surface area (Å²) in [5, 5.41) is 21.2. The van der Waals surface area contributed by atoms with Crippen LogP contribution in [0, 0.1) is 0 Å². The molecule has 1 heterocycles. The van der Waals surface area contributed by atoms with Gasteiger partial charge in [-0.1, -0.05) is 0 Å². The minimum Gasteiger partial charge on any atom is -0.478 e. The molecule has 1 aromatic rings. The normalized spacial score (nSPS) is 18.2. The van der Waals surface area contributed by atoms with Gasteiger partial charge in [0.05, 0.1) is 30.3 Å². The Morgan fingerprint density at radius 2 is 2.10 bits per heavy atom. The zero-order chi connectivity index (χ0) is 14.9. The van der Waals surface area contributed by atoms with Crippen LogP contribution >= 0.6 is 0 Å². The van der Waals surface area contributed by atoms with Crippen molar-refractivity contribution in [2.45, 2.75) is 19.4 Å². The van der Waals surface area contributed by atoms with Gasteiger partial charge in [-0.3, -0.25) is 9.59 Å². The number of β-amino-alcohol motifs (C(OH)–C–C–N with tert-alkyl or cyclic N) is 1. The molecule has 1 aliphatic heterocycles. The minimum atomic E-state index is -1.21. The lowest BCUT2D eigenvalue weighted by Gasteiger charge is -2.19. The predicted octanol–water partition coefficient (Wildman–Crippen LogP) is 0.441. The lowest BCUT2D eigenvalue weighted by atomic mass is 10.1. The van der Waals surface area contributed by atoms with Crippen LogP contribution in [-0.2, 0) is 9.59 Å². The topological polar surface area (TPSA) is 107 Å². The lowest BCUT2D eigenvalue weighted by Crippen LogP contribution is -2.27. The van der Waals surface area contributed by atoms with E-state index in [-0.39, 0.29) is 36.0 Å². The lowest BCUT2D eigenvalue weighted by molar-refractivity contribution is -0.117. The highest BCUT2D eigenvalue weighted by molar-refractivity contribution is 6.04. The van der Waals surface area contributed by atoms with Crippen LogP contribution in [0.2, 0.25) is 0 Å². The summed E-state index contributed by atoms with van der Waals surface area (Å²) in [7, 11) is 0. The Hall–Kier alpha value is -2.41. The van der Waals surface area contributed by atoms with Crippen LogP contribution in [0.4, 0.5) is 11.4 Å². The van der Waals surface area contributed by atoms with Gasteiger partial charge in [0.2, 0.25) is 11.8 Å². The number of carbonyl (C=O) groups excluding carboxylic acids is 2. The largest absolute Gasteiger partial charge is 0.478 e. The summed E-state index contributed by atoms with van der Waals surface area (Å²) in [5.74, 6) is -1.85. The Labute approximate surface area is 114 Å². The highest BCUT2D eigenvalue weighted by atomic mass is 16.4. The number of aliphatic hydroxyl groups is 1. The Bertz CT molecular complexity index is 584. The number of rotatable bonds is 3. The monoisotopic (exact) mass is 278 g/mol. The van der Waals surface area contributed by atoms with Crippen molar-refractivity contribution in [3.05, 3.63) is 23.8 Å². The molecule has 7 nitrogen and oxygen atoms in total. The third-order valence-electron chi connectivity index (χ3n) is 2.94. The molecule has 0 aliphatic carbocycles. The zero-order valence-electron chi connectivity index (χ0n) is 10.8. The highest BCUT2D eigenvalue weighted by Gasteiger charge is 2.31. The molecule has 0 bridgehead atoms. The predicted molar refractivity (Wildman–Crippen MR) is 70.7 cm³/mol. The maximum Gasteiger partial charge on any atom is 0.337 e. The molecule has 0 spiro atoms. The molecule has 1 fully saturated rings. The highest BCUT2D eigenvalue weighted by Crippen LogP contribution is 2.28. The van der Waals surface area contributed by atoms with E-state index >= 15 is 0 Å². The first-order valence-corrected chi connectivity index (χ1v) is 6.02. The average Bonchev–Trinajstić information content (AvgIpc) is 2.67. The standard InChI is InChI=1S/C13H14N2O5/c1-7(16)14-8-2-3-11(10(4-8)13(19)20)15-6-9(17)5-12(15)18/h2-4,9,17H,5-6H2,1H3,(H,14,16)(H,19,20). The molecular formula is C13H14N2O5. The van der Waals surface area contributed by atoms with Crippen LogP contribution in [0.5, 0.6) is 0 Å². The van der Waals surface area contributed by atoms with E-state index in [0.29, 0.717) is 5.69 Å². The molecular weight excluding hydrogens is 264 g/mol. The molecule has 2 rings (SSSR count). The third-order valence-corrected chi connectivity index (χ3v) is 2.94. The Morgan fingerprint density at radius 1 is 1.40 bits per heavy atom. The Morgan fingerprint density at radius 3 is 2.60 bits per heavy atom. The number of carboxylic acid groups (broad SMARTS) is 1. The number of aliphatic hydroxyl groups excluding tert-OH is 1. The number of anilines is 2. The molecule has 0 radical (unpaired) electrons. The van der Waals surface area contributed by atoms with Gasteiger partial charge in [0, 0.05) is 12.6 Å². The minimum absolute atomic E-state index is 0.0213. The molecule has 0 saturated carbocycles. The maximum absolute atomic E-state index is 11.7. The molecule has 1 aliphatic rings. The van der Waals surface area contributed by atoms with Crippen molar-refractivity contribution < 1.29 is 24.6 Å². The van der Waals surface area contributed by atoms with Gasteiger partial charge in [-0.2, -0.15) is 0 Å². The fourth-order valence-corrected chi connectivity index (χ4v) is 2.15. The number of carboxylic acids is 1. The van der Waals surface area contributed by atoms with Gasteiger partial charge in [0.15, 0.2) is 0 Å². The number of hydrogen-bond acceptors (Lipinski definition) is 4. The second kappa shape index (κ2) is 5.30. The van der Waals surface area contributed by atoms with E-state index in [1.54, 1.807) is 0 Å². The van der Waals surface area contributed by atoms with E-state index in [1.165, 1.54) is 30.0 Å². The van der Waals surface area contributed by atoms with Crippen molar-refractivity contribution in [3.8, 4) is 0 Å². The number of nitrogens with zero attached hydrogens (tertiary/aromatic N) is 1. The summed E-state index contributed by atoms with van der Waals surface area (Å²) in [4.78, 5) is 35.2. The Balaban J connectivity index is 2.40. The van der Waals surface area contributed by atoms with Crippen LogP contribution in [0.15, 0.2) is 18.2 Å². The molecule has 1 unspecified atom stereocenters.